The predicted molar refractivity (Wildman–Crippen MR) is 492 cm³/mol. The number of rotatable bonds is 88. The highest BCUT2D eigenvalue weighted by Crippen LogP contribution is 2.68. The molecule has 6 unspecified atom stereocenters. The Labute approximate surface area is 672 Å². The monoisotopic (exact) mass is 1600 g/mol. The number of unbranched alkanes of at least 4 members (excludes halogenated alkanes) is 61. The van der Waals surface area contributed by atoms with E-state index in [4.69, 9.17) is 22.4 Å². The Morgan fingerprint density at radius 2 is 0.446 bits per heavy atom. The maximum absolute atomic E-state index is 16.3. The minimum absolute atomic E-state index is 0.0133. The van der Waals surface area contributed by atoms with E-state index in [1.807, 2.05) is 0 Å². The van der Waals surface area contributed by atoms with Crippen LogP contribution in [0.25, 0.3) is 0 Å². The summed E-state index contributed by atoms with van der Waals surface area (Å²) < 4.78 is 31.6. The van der Waals surface area contributed by atoms with Crippen molar-refractivity contribution in [2.75, 3.05) is 34.5 Å². The van der Waals surface area contributed by atoms with Gasteiger partial charge in [0.05, 0.1) is 0 Å². The topological polar surface area (TPSA) is 34.1 Å². The highest BCUT2D eigenvalue weighted by molar-refractivity contribution is 9.17. The summed E-state index contributed by atoms with van der Waals surface area (Å²) in [4.78, 5) is 0. The van der Waals surface area contributed by atoms with Gasteiger partial charge in [0.1, 0.15) is 15.0 Å². The van der Waals surface area contributed by atoms with Gasteiger partial charge in [-0.05, 0) is 102 Å². The summed E-state index contributed by atoms with van der Waals surface area (Å²) in [5, 5.41) is -0.0133. The van der Waals surface area contributed by atoms with Gasteiger partial charge in [0.15, 0.2) is 6.56 Å². The molecular formula is C89H180O2S10. The quantitative estimate of drug-likeness (QED) is 0.0334. The summed E-state index contributed by atoms with van der Waals surface area (Å²) in [5.74, 6) is 6.34. The Bertz CT molecular complexity index is 1850. The fourth-order valence-corrected chi connectivity index (χ4v) is 36.9. The molecule has 0 spiro atoms. The smallest absolute Gasteiger partial charge is 0.163 e. The van der Waals surface area contributed by atoms with Crippen molar-refractivity contribution in [3.05, 3.63) is 0 Å². The standard InChI is InChI=1S/C89H180O2S10/c1-9-17-24-30-36-42-47-49-53-59-65-71-77-84-98-89(96-82-75-69-63-57-51-45-39-33-27-20-12-4,97-83-76-70-64-58-52-48-43-37-31-25-18-10-2)88(94-80-73-67-61-55-41-35-29-22-14-6,95-81-74-68-62-56-46-40-34-28-21-13-5)87(79-72-66-60-54-50-44-38-32-26-19-11-3)99-101(91,93)100(90,92)85-86(16-8)78-23-15-7/h86-87H,9-85H2,1-8H3. The van der Waals surface area contributed by atoms with Crippen LogP contribution in [0.15, 0.2) is 0 Å². The molecule has 0 aliphatic carbocycles. The van der Waals surface area contributed by atoms with Crippen LogP contribution < -0.4 is 0 Å². The highest BCUT2D eigenvalue weighted by Gasteiger charge is 2.59. The Morgan fingerprint density at radius 3 is 0.663 bits per heavy atom. The Balaban J connectivity index is 8.23. The molecule has 0 aromatic rings. The van der Waals surface area contributed by atoms with Gasteiger partial charge in [0, 0.05) is 22.2 Å². The Morgan fingerprint density at radius 1 is 0.248 bits per heavy atom. The molecule has 0 aromatic carbocycles. The van der Waals surface area contributed by atoms with E-state index in [0.717, 1.165) is 50.0 Å². The highest BCUT2D eigenvalue weighted by atomic mass is 33.8. The normalized spacial score (nSPS) is 15.0. The summed E-state index contributed by atoms with van der Waals surface area (Å²) in [6.07, 6.45) is 94.7. The van der Waals surface area contributed by atoms with Gasteiger partial charge >= 0.3 is 0 Å². The zero-order chi connectivity index (χ0) is 73.8. The van der Waals surface area contributed by atoms with Crippen molar-refractivity contribution in [3.63, 3.8) is 0 Å². The van der Waals surface area contributed by atoms with Gasteiger partial charge in [-0.2, -0.15) is 0 Å². The van der Waals surface area contributed by atoms with Crippen LogP contribution in [0.1, 0.15) is 511 Å². The van der Waals surface area contributed by atoms with Gasteiger partial charge < -0.3 is 0 Å². The molecule has 101 heavy (non-hydrogen) atoms. The number of thioether (sulfide) groups is 5. The fourth-order valence-electron chi connectivity index (χ4n) is 14.7. The molecule has 6 atom stereocenters. The van der Waals surface area contributed by atoms with Crippen molar-refractivity contribution in [2.24, 2.45) is 5.92 Å². The van der Waals surface area contributed by atoms with Crippen LogP contribution in [0.4, 0.5) is 0 Å². The van der Waals surface area contributed by atoms with Crippen LogP contribution in [0.2, 0.25) is 0 Å². The molecule has 0 radical (unpaired) electrons. The summed E-state index contributed by atoms with van der Waals surface area (Å²) in [5.41, 5.74) is 0. The zero-order valence-corrected chi connectivity index (χ0v) is 77.7. The summed E-state index contributed by atoms with van der Waals surface area (Å²) in [6.45, 7) is 15.1. The second-order valence-electron chi connectivity index (χ2n) is 31.6. The summed E-state index contributed by atoms with van der Waals surface area (Å²) in [7, 11) is -1.69. The van der Waals surface area contributed by atoms with Crippen molar-refractivity contribution in [1.29, 1.82) is 0 Å². The van der Waals surface area contributed by atoms with Crippen molar-refractivity contribution >= 4 is 106 Å². The second kappa shape index (κ2) is 79.5. The van der Waals surface area contributed by atoms with E-state index in [2.05, 4.69) is 114 Å². The third-order valence-electron chi connectivity index (χ3n) is 21.7. The zero-order valence-electron chi connectivity index (χ0n) is 69.5. The molecule has 0 saturated carbocycles. The molecule has 2 nitrogen and oxygen atoms in total. The van der Waals surface area contributed by atoms with Crippen molar-refractivity contribution < 1.29 is 8.42 Å². The first-order valence-electron chi connectivity index (χ1n) is 45.8. The minimum Gasteiger partial charge on any atom is -0.242 e. The van der Waals surface area contributed by atoms with Crippen molar-refractivity contribution in [2.45, 2.75) is 524 Å². The molecule has 608 valence electrons. The largest absolute Gasteiger partial charge is 0.242 e. The summed E-state index contributed by atoms with van der Waals surface area (Å²) in [6, 6.07) is 0. The van der Waals surface area contributed by atoms with Crippen LogP contribution in [-0.4, -0.2) is 55.7 Å². The van der Waals surface area contributed by atoms with E-state index in [9.17, 15) is 0 Å². The number of hydrogen-bond acceptors (Lipinski definition) is 10. The molecule has 0 rings (SSSR count). The lowest BCUT2D eigenvalue weighted by Gasteiger charge is -2.53. The van der Waals surface area contributed by atoms with Crippen LogP contribution >= 0.6 is 69.6 Å². The molecule has 0 fully saturated rings. The molecule has 0 heterocycles. The maximum Gasteiger partial charge on any atom is 0.163 e. The van der Waals surface area contributed by atoms with Crippen LogP contribution in [0, 0.1) is 5.92 Å². The van der Waals surface area contributed by atoms with Crippen LogP contribution in [0.5, 0.6) is 0 Å². The Kier molecular flexibility index (Phi) is 81.7. The first-order chi connectivity index (χ1) is 49.5. The Hall–Kier alpha value is 2.84. The van der Waals surface area contributed by atoms with Gasteiger partial charge in [0.25, 0.3) is 0 Å². The molecule has 0 bridgehead atoms. The molecule has 12 heteroatoms. The third kappa shape index (κ3) is 61.1. The summed E-state index contributed by atoms with van der Waals surface area (Å²) >= 11 is 24.8. The van der Waals surface area contributed by atoms with Gasteiger partial charge in [-0.3, -0.25) is 0 Å². The van der Waals surface area contributed by atoms with Crippen LogP contribution in [0.3, 0.4) is 0 Å². The van der Waals surface area contributed by atoms with Gasteiger partial charge in [0.2, 0.25) is 0 Å². The van der Waals surface area contributed by atoms with E-state index in [1.54, 1.807) is 10.8 Å². The lowest BCUT2D eigenvalue weighted by atomic mass is 10.0. The molecule has 0 saturated heterocycles. The van der Waals surface area contributed by atoms with E-state index in [-0.39, 0.29) is 18.7 Å². The van der Waals surface area contributed by atoms with Crippen molar-refractivity contribution in [1.82, 2.24) is 0 Å². The predicted octanol–water partition coefficient (Wildman–Crippen LogP) is 34.9. The van der Waals surface area contributed by atoms with E-state index >= 15 is 8.42 Å². The third-order valence-corrected chi connectivity index (χ3v) is 47.5. The molecule has 0 N–H and O–H groups in total. The first kappa shape index (κ1) is 104. The van der Waals surface area contributed by atoms with Gasteiger partial charge in [-0.15, -0.1) is 58.8 Å². The minimum atomic E-state index is -3.41. The molecule has 0 aliphatic heterocycles. The lowest BCUT2D eigenvalue weighted by Crippen LogP contribution is -2.51. The van der Waals surface area contributed by atoms with Crippen molar-refractivity contribution in [3.8, 4) is 0 Å². The molecule has 0 amide bonds. The number of hydrogen-bond donors (Lipinski definition) is 0. The second-order valence-corrected chi connectivity index (χ2v) is 52.8. The molecule has 0 aromatic heterocycles. The van der Waals surface area contributed by atoms with Crippen LogP contribution in [-0.2, 0) is 36.5 Å². The van der Waals surface area contributed by atoms with Gasteiger partial charge in [-0.1, -0.05) is 466 Å². The average Bonchev–Trinajstić information content (AvgIpc) is 0.742. The van der Waals surface area contributed by atoms with E-state index in [0.29, 0.717) is 5.75 Å². The lowest BCUT2D eigenvalue weighted by molar-refractivity contribution is 0.495. The maximum atomic E-state index is 16.3. The molecular weight excluding hydrogens is 1420 g/mol. The van der Waals surface area contributed by atoms with Gasteiger partial charge in [-0.25, -0.2) is 8.42 Å². The SMILES string of the molecule is CCCCCCCCCCCCCCCSC(SCCCCCCCCCCCCC)(SCCCCCCCCCCCCCC)C(SCCCCCCCCCCC)(SCCCCCCCCCCCC)C(CCCCCCCCCCCCC)SS(=O)(=S)S(=O)(=S)CC(CC)CCCC. The average molecular weight is 1600 g/mol. The first-order valence-corrected chi connectivity index (χ1v) is 57.8. The van der Waals surface area contributed by atoms with E-state index in [1.165, 1.54) is 435 Å². The molecule has 0 aliphatic rings. The van der Waals surface area contributed by atoms with E-state index < -0.39 is 14.1 Å². The fraction of sp³-hybridized carbons (Fsp3) is 1.00.